The summed E-state index contributed by atoms with van der Waals surface area (Å²) in [6.07, 6.45) is -4.35. The summed E-state index contributed by atoms with van der Waals surface area (Å²) < 4.78 is 57.0. The third kappa shape index (κ3) is 5.39. The van der Waals surface area contributed by atoms with Gasteiger partial charge in [-0.3, -0.25) is 0 Å². The Bertz CT molecular complexity index is 368. The van der Waals surface area contributed by atoms with E-state index in [1.807, 2.05) is 0 Å². The van der Waals surface area contributed by atoms with E-state index in [0.29, 0.717) is 0 Å². The molecule has 0 heterocycles. The number of benzene rings is 1. The van der Waals surface area contributed by atoms with E-state index in [1.54, 1.807) is 0 Å². The average molecular weight is 253 g/mol. The maximum absolute atomic E-state index is 12.6. The van der Waals surface area contributed by atoms with Crippen LogP contribution in [0.25, 0.3) is 0 Å². The summed E-state index contributed by atoms with van der Waals surface area (Å²) in [5.74, 6) is -0.301. The highest BCUT2D eigenvalue weighted by atomic mass is 19.4. The summed E-state index contributed by atoms with van der Waals surface area (Å²) in [6, 6.07) is 3.50. The first-order valence-electron chi connectivity index (χ1n) is 4.71. The van der Waals surface area contributed by atoms with Gasteiger partial charge < -0.3 is 15.2 Å². The van der Waals surface area contributed by atoms with Gasteiger partial charge in [0.2, 0.25) is 0 Å². The van der Waals surface area contributed by atoms with Gasteiger partial charge in [0.1, 0.15) is 24.8 Å². The van der Waals surface area contributed by atoms with E-state index < -0.39 is 18.6 Å². The molecule has 1 aromatic carbocycles. The van der Waals surface area contributed by atoms with Crippen LogP contribution in [0.15, 0.2) is 18.2 Å². The Labute approximate surface area is 95.1 Å². The van der Waals surface area contributed by atoms with Gasteiger partial charge in [-0.1, -0.05) is 0 Å². The van der Waals surface area contributed by atoms with E-state index in [4.69, 9.17) is 10.5 Å². The number of nitrogen functional groups attached to an aromatic ring is 1. The smallest absolute Gasteiger partial charge is 0.411 e. The Morgan fingerprint density at radius 1 is 1.18 bits per heavy atom. The molecule has 0 aliphatic heterocycles. The molecular formula is C10H11F4NO2. The van der Waals surface area contributed by atoms with Crippen molar-refractivity contribution in [2.24, 2.45) is 0 Å². The number of anilines is 1. The minimum atomic E-state index is -4.35. The maximum atomic E-state index is 12.6. The minimum Gasteiger partial charge on any atom is -0.489 e. The fourth-order valence-electron chi connectivity index (χ4n) is 1.05. The van der Waals surface area contributed by atoms with Crippen LogP contribution in [0.2, 0.25) is 0 Å². The highest BCUT2D eigenvalue weighted by Gasteiger charge is 2.27. The van der Waals surface area contributed by atoms with Crippen LogP contribution in [-0.2, 0) is 4.74 Å². The summed E-state index contributed by atoms with van der Waals surface area (Å²) in [5, 5.41) is 0. The molecule has 1 aromatic rings. The summed E-state index contributed by atoms with van der Waals surface area (Å²) in [6.45, 7) is -1.64. The Morgan fingerprint density at radius 3 is 2.47 bits per heavy atom. The predicted molar refractivity (Wildman–Crippen MR) is 53.2 cm³/mol. The average Bonchev–Trinajstić information content (AvgIpc) is 2.18. The molecule has 0 aromatic heterocycles. The van der Waals surface area contributed by atoms with Gasteiger partial charge in [-0.15, -0.1) is 0 Å². The largest absolute Gasteiger partial charge is 0.489 e. The van der Waals surface area contributed by atoms with E-state index in [9.17, 15) is 17.6 Å². The lowest BCUT2D eigenvalue weighted by molar-refractivity contribution is -0.175. The first-order chi connectivity index (χ1) is 7.88. The van der Waals surface area contributed by atoms with Gasteiger partial charge in [0.15, 0.2) is 0 Å². The third-order valence-electron chi connectivity index (χ3n) is 1.72. The van der Waals surface area contributed by atoms with E-state index in [-0.39, 0.29) is 24.7 Å². The fourth-order valence-corrected chi connectivity index (χ4v) is 1.05. The van der Waals surface area contributed by atoms with Crippen LogP contribution in [0, 0.1) is 5.82 Å². The second-order valence-corrected chi connectivity index (χ2v) is 3.20. The lowest BCUT2D eigenvalue weighted by Gasteiger charge is -2.10. The Kier molecular flexibility index (Phi) is 4.56. The Balaban J connectivity index is 2.27. The summed E-state index contributed by atoms with van der Waals surface area (Å²) >= 11 is 0. The first-order valence-corrected chi connectivity index (χ1v) is 4.71. The second-order valence-electron chi connectivity index (χ2n) is 3.20. The minimum absolute atomic E-state index is 0.0841. The number of halogens is 4. The molecule has 0 atom stereocenters. The van der Waals surface area contributed by atoms with Crippen molar-refractivity contribution >= 4 is 5.69 Å². The van der Waals surface area contributed by atoms with E-state index in [0.717, 1.165) is 12.1 Å². The molecular weight excluding hydrogens is 242 g/mol. The third-order valence-corrected chi connectivity index (χ3v) is 1.72. The molecule has 0 radical (unpaired) electrons. The summed E-state index contributed by atoms with van der Waals surface area (Å²) in [7, 11) is 0. The van der Waals surface area contributed by atoms with Gasteiger partial charge in [0.05, 0.1) is 12.3 Å². The van der Waals surface area contributed by atoms with Crippen molar-refractivity contribution in [3.05, 3.63) is 24.0 Å². The SMILES string of the molecule is Nc1cc(F)ccc1OCCOCC(F)(F)F. The van der Waals surface area contributed by atoms with E-state index in [2.05, 4.69) is 4.74 Å². The van der Waals surface area contributed by atoms with Crippen molar-refractivity contribution in [2.75, 3.05) is 25.6 Å². The zero-order valence-electron chi connectivity index (χ0n) is 8.76. The predicted octanol–water partition coefficient (Wildman–Crippen LogP) is 2.37. The molecule has 17 heavy (non-hydrogen) atoms. The molecule has 0 aliphatic rings. The van der Waals surface area contributed by atoms with Gasteiger partial charge in [-0.25, -0.2) is 4.39 Å². The summed E-state index contributed by atoms with van der Waals surface area (Å²) in [5.41, 5.74) is 5.50. The number of alkyl halides is 3. The van der Waals surface area contributed by atoms with Crippen LogP contribution in [-0.4, -0.2) is 26.0 Å². The first kappa shape index (κ1) is 13.6. The highest BCUT2D eigenvalue weighted by Crippen LogP contribution is 2.21. The van der Waals surface area contributed by atoms with Crippen molar-refractivity contribution in [2.45, 2.75) is 6.18 Å². The number of rotatable bonds is 5. The monoisotopic (exact) mass is 253 g/mol. The van der Waals surface area contributed by atoms with Crippen LogP contribution in [0.4, 0.5) is 23.2 Å². The van der Waals surface area contributed by atoms with E-state index in [1.165, 1.54) is 6.07 Å². The van der Waals surface area contributed by atoms with Crippen molar-refractivity contribution in [3.8, 4) is 5.75 Å². The lowest BCUT2D eigenvalue weighted by Crippen LogP contribution is -2.19. The molecule has 1 rings (SSSR count). The van der Waals surface area contributed by atoms with Crippen LogP contribution in [0.3, 0.4) is 0 Å². The van der Waals surface area contributed by atoms with Crippen molar-refractivity contribution in [1.29, 1.82) is 0 Å². The molecule has 0 fully saturated rings. The summed E-state index contributed by atoms with van der Waals surface area (Å²) in [4.78, 5) is 0. The standard InChI is InChI=1S/C10H11F4NO2/c11-7-1-2-9(8(15)5-7)17-4-3-16-6-10(12,13)14/h1-2,5H,3-4,6,15H2. The van der Waals surface area contributed by atoms with Gasteiger partial charge in [0, 0.05) is 6.07 Å². The number of ether oxygens (including phenoxy) is 2. The molecule has 96 valence electrons. The molecule has 0 unspecified atom stereocenters. The maximum Gasteiger partial charge on any atom is 0.411 e. The van der Waals surface area contributed by atoms with Crippen LogP contribution < -0.4 is 10.5 Å². The topological polar surface area (TPSA) is 44.5 Å². The highest BCUT2D eigenvalue weighted by molar-refractivity contribution is 5.52. The van der Waals surface area contributed by atoms with Crippen molar-refractivity contribution < 1.29 is 27.0 Å². The van der Waals surface area contributed by atoms with Gasteiger partial charge in [-0.05, 0) is 12.1 Å². The molecule has 7 heteroatoms. The van der Waals surface area contributed by atoms with Crippen LogP contribution >= 0.6 is 0 Å². The zero-order chi connectivity index (χ0) is 12.9. The molecule has 0 saturated heterocycles. The zero-order valence-corrected chi connectivity index (χ0v) is 8.76. The van der Waals surface area contributed by atoms with Gasteiger partial charge >= 0.3 is 6.18 Å². The molecule has 2 N–H and O–H groups in total. The molecule has 0 saturated carbocycles. The molecule has 0 aliphatic carbocycles. The quantitative estimate of drug-likeness (QED) is 0.497. The van der Waals surface area contributed by atoms with Crippen molar-refractivity contribution in [3.63, 3.8) is 0 Å². The van der Waals surface area contributed by atoms with E-state index >= 15 is 0 Å². The van der Waals surface area contributed by atoms with Crippen LogP contribution in [0.5, 0.6) is 5.75 Å². The van der Waals surface area contributed by atoms with Crippen molar-refractivity contribution in [1.82, 2.24) is 0 Å². The van der Waals surface area contributed by atoms with Gasteiger partial charge in [0.25, 0.3) is 0 Å². The number of hydrogen-bond donors (Lipinski definition) is 1. The fraction of sp³-hybridized carbons (Fsp3) is 0.400. The lowest BCUT2D eigenvalue weighted by atomic mass is 10.3. The number of hydrogen-bond acceptors (Lipinski definition) is 3. The molecule has 0 spiro atoms. The van der Waals surface area contributed by atoms with Gasteiger partial charge in [-0.2, -0.15) is 13.2 Å². The molecule has 0 bridgehead atoms. The normalized spacial score (nSPS) is 11.5. The molecule has 3 nitrogen and oxygen atoms in total. The number of nitrogens with two attached hydrogens (primary N) is 1. The Morgan fingerprint density at radius 2 is 1.88 bits per heavy atom. The Hall–Kier alpha value is -1.50. The second kappa shape index (κ2) is 5.72. The van der Waals surface area contributed by atoms with Crippen LogP contribution in [0.1, 0.15) is 0 Å². The molecule has 0 amide bonds.